The number of benzene rings is 1. The summed E-state index contributed by atoms with van der Waals surface area (Å²) in [6.07, 6.45) is 2.35. The predicted molar refractivity (Wildman–Crippen MR) is 79.6 cm³/mol. The number of nitrogens with zero attached hydrogens (tertiary/aromatic N) is 1. The number of nitrogens with one attached hydrogen (secondary N) is 1. The van der Waals surface area contributed by atoms with Gasteiger partial charge in [-0.25, -0.2) is 9.78 Å². The van der Waals surface area contributed by atoms with E-state index < -0.39 is 5.97 Å². The average Bonchev–Trinajstić information content (AvgIpc) is 2.49. The molecule has 100 valence electrons. The Morgan fingerprint density at radius 2 is 2.10 bits per heavy atom. The molecular weight excluding hydrogens is 251 g/mol. The van der Waals surface area contributed by atoms with E-state index in [0.29, 0.717) is 23.4 Å². The van der Waals surface area contributed by atoms with E-state index in [-0.39, 0.29) is 0 Å². The van der Waals surface area contributed by atoms with E-state index in [2.05, 4.69) is 22.4 Å². The second-order valence-corrected chi connectivity index (χ2v) is 4.32. The smallest absolute Gasteiger partial charge is 0.341 e. The van der Waals surface area contributed by atoms with Crippen molar-refractivity contribution in [2.45, 2.75) is 6.42 Å². The zero-order valence-electron chi connectivity index (χ0n) is 11.3. The van der Waals surface area contributed by atoms with Crippen LogP contribution in [0.25, 0.3) is 0 Å². The average molecular weight is 266 g/mol. The molecular formula is C15H15BN2O2. The Labute approximate surface area is 119 Å². The van der Waals surface area contributed by atoms with Gasteiger partial charge in [0.2, 0.25) is 0 Å². The molecule has 0 atom stereocenters. The fraction of sp³-hybridized carbons (Fsp3) is 0.200. The third-order valence-corrected chi connectivity index (χ3v) is 2.86. The Balaban J connectivity index is 2.04. The second kappa shape index (κ2) is 6.75. The summed E-state index contributed by atoms with van der Waals surface area (Å²) in [4.78, 5) is 15.8. The van der Waals surface area contributed by atoms with Crippen molar-refractivity contribution in [3.63, 3.8) is 0 Å². The van der Waals surface area contributed by atoms with Gasteiger partial charge in [0, 0.05) is 12.7 Å². The fourth-order valence-electron chi connectivity index (χ4n) is 1.86. The molecule has 0 aliphatic carbocycles. The number of ether oxygens (including phenoxy) is 1. The minimum atomic E-state index is -0.452. The summed E-state index contributed by atoms with van der Waals surface area (Å²) >= 11 is 0. The predicted octanol–water partition coefficient (Wildman–Crippen LogP) is 1.32. The van der Waals surface area contributed by atoms with Gasteiger partial charge < -0.3 is 10.1 Å². The maximum Gasteiger partial charge on any atom is 0.341 e. The lowest BCUT2D eigenvalue weighted by Crippen LogP contribution is -2.16. The van der Waals surface area contributed by atoms with Crippen molar-refractivity contribution in [2.24, 2.45) is 0 Å². The zero-order valence-corrected chi connectivity index (χ0v) is 11.3. The molecule has 0 aliphatic heterocycles. The van der Waals surface area contributed by atoms with Crippen molar-refractivity contribution in [1.82, 2.24) is 4.98 Å². The number of hydrogen-bond donors (Lipinski definition) is 1. The Hall–Kier alpha value is -2.30. The maximum atomic E-state index is 11.7. The summed E-state index contributed by atoms with van der Waals surface area (Å²) in [7, 11) is 6.97. The van der Waals surface area contributed by atoms with Gasteiger partial charge in [-0.3, -0.25) is 0 Å². The van der Waals surface area contributed by atoms with Gasteiger partial charge in [0.15, 0.2) is 0 Å². The van der Waals surface area contributed by atoms with Gasteiger partial charge in [-0.15, -0.1) is 0 Å². The van der Waals surface area contributed by atoms with Crippen LogP contribution in [0.2, 0.25) is 0 Å². The number of carbonyl (C=O) groups is 1. The van der Waals surface area contributed by atoms with Gasteiger partial charge in [-0.05, 0) is 18.1 Å². The Morgan fingerprint density at radius 1 is 1.35 bits per heavy atom. The van der Waals surface area contributed by atoms with E-state index in [1.807, 2.05) is 18.2 Å². The van der Waals surface area contributed by atoms with Crippen molar-refractivity contribution >= 4 is 25.1 Å². The van der Waals surface area contributed by atoms with Gasteiger partial charge >= 0.3 is 5.97 Å². The first-order valence-electron chi connectivity index (χ1n) is 6.32. The molecule has 0 fully saturated rings. The van der Waals surface area contributed by atoms with Crippen LogP contribution in [0.4, 0.5) is 5.82 Å². The minimum Gasteiger partial charge on any atom is -0.465 e. The highest BCUT2D eigenvalue weighted by atomic mass is 16.5. The van der Waals surface area contributed by atoms with Crippen LogP contribution >= 0.6 is 0 Å². The van der Waals surface area contributed by atoms with E-state index in [9.17, 15) is 4.79 Å². The zero-order chi connectivity index (χ0) is 14.4. The lowest BCUT2D eigenvalue weighted by atomic mass is 9.97. The SMILES string of the molecule is [B]c1cnc(NCCc2ccccc2)c(C(=O)OC)c1. The molecule has 1 heterocycles. The number of aromatic nitrogens is 1. The fourth-order valence-corrected chi connectivity index (χ4v) is 1.86. The van der Waals surface area contributed by atoms with Crippen molar-refractivity contribution in [1.29, 1.82) is 0 Å². The maximum absolute atomic E-state index is 11.7. The second-order valence-electron chi connectivity index (χ2n) is 4.32. The summed E-state index contributed by atoms with van der Waals surface area (Å²) in [5, 5.41) is 3.14. The summed E-state index contributed by atoms with van der Waals surface area (Å²) in [5.41, 5.74) is 2.00. The van der Waals surface area contributed by atoms with Crippen LogP contribution in [0.1, 0.15) is 15.9 Å². The molecule has 2 aromatic rings. The van der Waals surface area contributed by atoms with E-state index in [1.165, 1.54) is 18.9 Å². The molecule has 0 saturated heterocycles. The molecule has 0 unspecified atom stereocenters. The van der Waals surface area contributed by atoms with E-state index >= 15 is 0 Å². The standard InChI is InChI=1S/C15H15BN2O2/c1-20-15(19)13-9-12(16)10-18-14(13)17-8-7-11-5-3-2-4-6-11/h2-6,9-10H,7-8H2,1H3,(H,17,18). The number of carbonyl (C=O) groups excluding carboxylic acids is 1. The van der Waals surface area contributed by atoms with Crippen LogP contribution in [-0.2, 0) is 11.2 Å². The normalized spacial score (nSPS) is 10.1. The Bertz CT molecular complexity index is 588. The Kier molecular flexibility index (Phi) is 4.77. The minimum absolute atomic E-state index is 0.348. The van der Waals surface area contributed by atoms with Gasteiger partial charge in [0.05, 0.1) is 7.11 Å². The van der Waals surface area contributed by atoms with Gasteiger partial charge in [0.25, 0.3) is 0 Å². The van der Waals surface area contributed by atoms with Crippen molar-refractivity contribution in [3.8, 4) is 0 Å². The van der Waals surface area contributed by atoms with E-state index in [1.54, 1.807) is 6.07 Å². The highest BCUT2D eigenvalue weighted by molar-refractivity contribution is 6.32. The topological polar surface area (TPSA) is 51.2 Å². The molecule has 20 heavy (non-hydrogen) atoms. The third kappa shape index (κ3) is 3.60. The monoisotopic (exact) mass is 266 g/mol. The lowest BCUT2D eigenvalue weighted by molar-refractivity contribution is 0.0601. The van der Waals surface area contributed by atoms with Crippen molar-refractivity contribution < 1.29 is 9.53 Å². The van der Waals surface area contributed by atoms with Crippen LogP contribution in [-0.4, -0.2) is 32.5 Å². The molecule has 0 saturated carbocycles. The number of anilines is 1. The molecule has 2 radical (unpaired) electrons. The molecule has 2 rings (SSSR count). The molecule has 0 aliphatic rings. The number of hydrogen-bond acceptors (Lipinski definition) is 4. The van der Waals surface area contributed by atoms with Gasteiger partial charge in [0.1, 0.15) is 19.2 Å². The first-order valence-corrected chi connectivity index (χ1v) is 6.32. The third-order valence-electron chi connectivity index (χ3n) is 2.86. The molecule has 1 N–H and O–H groups in total. The van der Waals surface area contributed by atoms with E-state index in [0.717, 1.165) is 6.42 Å². The number of esters is 1. The quantitative estimate of drug-likeness (QED) is 0.655. The highest BCUT2D eigenvalue weighted by Crippen LogP contribution is 2.11. The van der Waals surface area contributed by atoms with Gasteiger partial charge in [-0.1, -0.05) is 35.8 Å². The summed E-state index contributed by atoms with van der Waals surface area (Å²) in [6.45, 7) is 0.672. The molecule has 1 aromatic carbocycles. The molecule has 0 spiro atoms. The molecule has 0 amide bonds. The molecule has 1 aromatic heterocycles. The largest absolute Gasteiger partial charge is 0.465 e. The Morgan fingerprint density at radius 3 is 2.80 bits per heavy atom. The first kappa shape index (κ1) is 14.1. The van der Waals surface area contributed by atoms with Gasteiger partial charge in [-0.2, -0.15) is 0 Å². The number of pyridine rings is 1. The number of methoxy groups -OCH3 is 1. The summed E-state index contributed by atoms with van der Waals surface area (Å²) in [5.74, 6) is 0.0361. The summed E-state index contributed by atoms with van der Waals surface area (Å²) < 4.78 is 4.72. The number of rotatable bonds is 5. The lowest BCUT2D eigenvalue weighted by Gasteiger charge is -2.10. The van der Waals surface area contributed by atoms with Crippen LogP contribution in [0.3, 0.4) is 0 Å². The van der Waals surface area contributed by atoms with Crippen molar-refractivity contribution in [3.05, 3.63) is 53.7 Å². The molecule has 5 heteroatoms. The van der Waals surface area contributed by atoms with Crippen LogP contribution in [0, 0.1) is 0 Å². The van der Waals surface area contributed by atoms with Crippen molar-refractivity contribution in [2.75, 3.05) is 19.0 Å². The van der Waals surface area contributed by atoms with Crippen LogP contribution in [0.15, 0.2) is 42.6 Å². The van der Waals surface area contributed by atoms with Crippen LogP contribution < -0.4 is 10.8 Å². The molecule has 0 bridgehead atoms. The van der Waals surface area contributed by atoms with E-state index in [4.69, 9.17) is 12.6 Å². The molecule has 4 nitrogen and oxygen atoms in total. The first-order chi connectivity index (χ1) is 9.70. The summed E-state index contributed by atoms with van der Waals surface area (Å²) in [6, 6.07) is 11.6. The van der Waals surface area contributed by atoms with Crippen LogP contribution in [0.5, 0.6) is 0 Å². The highest BCUT2D eigenvalue weighted by Gasteiger charge is 2.12.